The van der Waals surface area contributed by atoms with Crippen LogP contribution in [0.4, 0.5) is 0 Å². The van der Waals surface area contributed by atoms with Gasteiger partial charge in [-0.1, -0.05) is 36.4 Å². The van der Waals surface area contributed by atoms with Crippen LogP contribution in [0.2, 0.25) is 0 Å². The minimum atomic E-state index is -3.62. The van der Waals surface area contributed by atoms with Gasteiger partial charge in [0, 0.05) is 31.2 Å². The van der Waals surface area contributed by atoms with Crippen molar-refractivity contribution >= 4 is 30.6 Å². The molecule has 1 aromatic heterocycles. The zero-order valence-corrected chi connectivity index (χ0v) is 16.8. The Kier molecular flexibility index (Phi) is 4.95. The molecule has 0 radical (unpaired) electrons. The van der Waals surface area contributed by atoms with Crippen LogP contribution >= 0.6 is 0 Å². The third-order valence-electron chi connectivity index (χ3n) is 4.96. The Morgan fingerprint density at radius 2 is 1.64 bits per heavy atom. The lowest BCUT2D eigenvalue weighted by atomic mass is 10.1. The van der Waals surface area contributed by atoms with Crippen molar-refractivity contribution in [3.05, 3.63) is 66.4 Å². The summed E-state index contributed by atoms with van der Waals surface area (Å²) in [5, 5.41) is 0.749. The lowest BCUT2D eigenvalue weighted by molar-refractivity contribution is 0.288. The smallest absolute Gasteiger partial charge is 0.208 e. The minimum absolute atomic E-state index is 0.160. The number of para-hydroxylation sites is 1. The molecule has 4 rings (SSSR count). The first-order valence-corrected chi connectivity index (χ1v) is 12.3. The van der Waals surface area contributed by atoms with E-state index in [9.17, 15) is 16.8 Å². The number of pyridine rings is 1. The van der Waals surface area contributed by atoms with E-state index in [2.05, 4.69) is 9.88 Å². The number of hydrogen-bond donors (Lipinski definition) is 0. The summed E-state index contributed by atoms with van der Waals surface area (Å²) < 4.78 is 48.9. The Bertz CT molecular complexity index is 1210. The maximum atomic E-state index is 12.8. The van der Waals surface area contributed by atoms with Crippen LogP contribution in [0.15, 0.2) is 70.6 Å². The number of aromatic nitrogens is 1. The normalized spacial score (nSPS) is 17.6. The molecule has 2 heterocycles. The average Bonchev–Trinajstić information content (AvgIpc) is 2.70. The quantitative estimate of drug-likeness (QED) is 0.649. The summed E-state index contributed by atoms with van der Waals surface area (Å²) in [6, 6.07) is 15.6. The van der Waals surface area contributed by atoms with E-state index in [0.29, 0.717) is 19.6 Å². The molecule has 1 fully saturated rings. The van der Waals surface area contributed by atoms with E-state index in [1.165, 1.54) is 6.20 Å². The fraction of sp³-hybridized carbons (Fsp3) is 0.250. The molecule has 0 bridgehead atoms. The van der Waals surface area contributed by atoms with Crippen LogP contribution in [0, 0.1) is 0 Å². The van der Waals surface area contributed by atoms with E-state index in [1.54, 1.807) is 36.4 Å². The monoisotopic (exact) mass is 416 g/mol. The highest BCUT2D eigenvalue weighted by molar-refractivity contribution is 7.91. The first-order chi connectivity index (χ1) is 13.4. The lowest BCUT2D eigenvalue weighted by Crippen LogP contribution is -2.39. The van der Waals surface area contributed by atoms with Gasteiger partial charge in [-0.05, 0) is 23.8 Å². The Labute approximate surface area is 164 Å². The number of benzene rings is 2. The summed E-state index contributed by atoms with van der Waals surface area (Å²) >= 11 is 0. The SMILES string of the molecule is O=S1(=O)CCN(Cc2cccc3cc(S(=O)(=O)c4ccccc4)cnc23)CC1. The zero-order valence-electron chi connectivity index (χ0n) is 15.2. The van der Waals surface area contributed by atoms with E-state index in [4.69, 9.17) is 0 Å². The van der Waals surface area contributed by atoms with Gasteiger partial charge >= 0.3 is 0 Å². The summed E-state index contributed by atoms with van der Waals surface area (Å²) in [6.45, 7) is 1.59. The predicted octanol–water partition coefficient (Wildman–Crippen LogP) is 2.30. The maximum absolute atomic E-state index is 12.8. The molecule has 0 aliphatic carbocycles. The largest absolute Gasteiger partial charge is 0.297 e. The van der Waals surface area contributed by atoms with Crippen molar-refractivity contribution in [1.82, 2.24) is 9.88 Å². The van der Waals surface area contributed by atoms with Gasteiger partial charge in [-0.2, -0.15) is 0 Å². The van der Waals surface area contributed by atoms with Crippen molar-refractivity contribution in [2.24, 2.45) is 0 Å². The Morgan fingerprint density at radius 1 is 0.929 bits per heavy atom. The van der Waals surface area contributed by atoms with Crippen molar-refractivity contribution in [2.75, 3.05) is 24.6 Å². The molecule has 28 heavy (non-hydrogen) atoms. The molecule has 0 saturated carbocycles. The van der Waals surface area contributed by atoms with Gasteiger partial charge in [0.15, 0.2) is 9.84 Å². The molecule has 1 aliphatic heterocycles. The maximum Gasteiger partial charge on any atom is 0.208 e. The molecular weight excluding hydrogens is 396 g/mol. The molecule has 6 nitrogen and oxygen atoms in total. The Balaban J connectivity index is 1.65. The molecule has 0 unspecified atom stereocenters. The minimum Gasteiger partial charge on any atom is -0.297 e. The van der Waals surface area contributed by atoms with Crippen LogP contribution in [0.5, 0.6) is 0 Å². The molecule has 2 aromatic carbocycles. The highest BCUT2D eigenvalue weighted by Crippen LogP contribution is 2.25. The van der Waals surface area contributed by atoms with E-state index < -0.39 is 19.7 Å². The van der Waals surface area contributed by atoms with Gasteiger partial charge < -0.3 is 0 Å². The van der Waals surface area contributed by atoms with Crippen molar-refractivity contribution in [1.29, 1.82) is 0 Å². The molecule has 0 spiro atoms. The summed E-state index contributed by atoms with van der Waals surface area (Å²) in [6.07, 6.45) is 1.40. The van der Waals surface area contributed by atoms with Crippen LogP contribution < -0.4 is 0 Å². The van der Waals surface area contributed by atoms with E-state index in [0.717, 1.165) is 16.5 Å². The van der Waals surface area contributed by atoms with Crippen LogP contribution in [-0.2, 0) is 26.2 Å². The van der Waals surface area contributed by atoms with Crippen molar-refractivity contribution < 1.29 is 16.8 Å². The molecule has 0 N–H and O–H groups in total. The van der Waals surface area contributed by atoms with Gasteiger partial charge in [-0.25, -0.2) is 16.8 Å². The van der Waals surface area contributed by atoms with E-state index in [-0.39, 0.29) is 21.3 Å². The second kappa shape index (κ2) is 7.27. The third kappa shape index (κ3) is 3.80. The van der Waals surface area contributed by atoms with E-state index >= 15 is 0 Å². The number of hydrogen-bond acceptors (Lipinski definition) is 6. The molecule has 1 aliphatic rings. The topological polar surface area (TPSA) is 84.4 Å². The summed E-state index contributed by atoms with van der Waals surface area (Å²) in [5.41, 5.74) is 1.70. The molecular formula is C20H20N2O4S2. The number of fused-ring (bicyclic) bond motifs is 1. The summed E-state index contributed by atoms with van der Waals surface area (Å²) in [4.78, 5) is 6.93. The second-order valence-corrected chi connectivity index (χ2v) is 11.2. The fourth-order valence-electron chi connectivity index (χ4n) is 3.36. The van der Waals surface area contributed by atoms with Crippen LogP contribution in [0.3, 0.4) is 0 Å². The van der Waals surface area contributed by atoms with Gasteiger partial charge in [0.2, 0.25) is 9.84 Å². The van der Waals surface area contributed by atoms with Gasteiger partial charge in [0.05, 0.1) is 26.8 Å². The standard InChI is InChI=1S/C20H20N2O4S2/c23-27(24)11-9-22(10-12-27)15-17-6-4-5-16-13-19(14-21-20(16)17)28(25,26)18-7-2-1-3-8-18/h1-8,13-14H,9-12,15H2. The van der Waals surface area contributed by atoms with Gasteiger partial charge in [0.25, 0.3) is 0 Å². The van der Waals surface area contributed by atoms with Gasteiger partial charge in [-0.3, -0.25) is 9.88 Å². The third-order valence-corrected chi connectivity index (χ3v) is 8.31. The van der Waals surface area contributed by atoms with E-state index in [1.807, 2.05) is 18.2 Å². The molecule has 0 atom stereocenters. The number of nitrogens with zero attached hydrogens (tertiary/aromatic N) is 2. The molecule has 3 aromatic rings. The average molecular weight is 417 g/mol. The molecule has 0 amide bonds. The number of sulfone groups is 2. The Morgan fingerprint density at radius 3 is 2.36 bits per heavy atom. The molecule has 1 saturated heterocycles. The molecule has 8 heteroatoms. The van der Waals surface area contributed by atoms with Crippen LogP contribution in [0.25, 0.3) is 10.9 Å². The lowest BCUT2D eigenvalue weighted by Gasteiger charge is -2.26. The second-order valence-electron chi connectivity index (χ2n) is 6.90. The first kappa shape index (κ1) is 19.0. The Hall–Kier alpha value is -2.29. The highest BCUT2D eigenvalue weighted by atomic mass is 32.2. The summed E-state index contributed by atoms with van der Waals surface area (Å²) in [7, 11) is -6.55. The summed E-state index contributed by atoms with van der Waals surface area (Å²) in [5.74, 6) is 0.343. The van der Waals surface area contributed by atoms with Crippen molar-refractivity contribution in [2.45, 2.75) is 16.3 Å². The molecule has 146 valence electrons. The zero-order chi connectivity index (χ0) is 19.8. The van der Waals surface area contributed by atoms with Gasteiger partial charge in [-0.15, -0.1) is 0 Å². The van der Waals surface area contributed by atoms with Crippen LogP contribution in [-0.4, -0.2) is 51.3 Å². The van der Waals surface area contributed by atoms with Crippen LogP contribution in [0.1, 0.15) is 5.56 Å². The van der Waals surface area contributed by atoms with Crippen molar-refractivity contribution in [3.63, 3.8) is 0 Å². The number of rotatable bonds is 4. The first-order valence-electron chi connectivity index (χ1n) is 8.96. The predicted molar refractivity (Wildman–Crippen MR) is 108 cm³/mol. The van der Waals surface area contributed by atoms with Gasteiger partial charge in [0.1, 0.15) is 0 Å². The fourth-order valence-corrected chi connectivity index (χ4v) is 5.90. The highest BCUT2D eigenvalue weighted by Gasteiger charge is 2.23. The van der Waals surface area contributed by atoms with Crippen molar-refractivity contribution in [3.8, 4) is 0 Å².